The van der Waals surface area contributed by atoms with E-state index in [4.69, 9.17) is 5.11 Å². The smallest absolute Gasteiger partial charge is 0.337 e. The maximum absolute atomic E-state index is 11.8. The van der Waals surface area contributed by atoms with Crippen molar-refractivity contribution in [1.82, 2.24) is 5.32 Å². The van der Waals surface area contributed by atoms with Crippen LogP contribution in [0.2, 0.25) is 0 Å². The third-order valence-electron chi connectivity index (χ3n) is 3.07. The number of carbonyl (C=O) groups is 2. The molecule has 0 spiro atoms. The molecule has 3 N–H and O–H groups in total. The Bertz CT molecular complexity index is 474. The highest BCUT2D eigenvalue weighted by Crippen LogP contribution is 2.13. The van der Waals surface area contributed by atoms with Gasteiger partial charge in [0.2, 0.25) is 5.91 Å². The van der Waals surface area contributed by atoms with Crippen molar-refractivity contribution in [3.63, 3.8) is 0 Å². The van der Waals surface area contributed by atoms with Gasteiger partial charge in [0.25, 0.3) is 0 Å². The molecule has 0 bridgehead atoms. The second-order valence-corrected chi connectivity index (χ2v) is 4.90. The molecular weight excluding hydrogens is 246 g/mol. The van der Waals surface area contributed by atoms with Crippen LogP contribution < -0.4 is 5.32 Å². The standard InChI is InChI=1S/C14H19NO4/c1-9-5-4-6-10(2)11(9)7-12(16)15-8-14(3,19)13(17)18/h4-6,19H,7-8H2,1-3H3,(H,15,16)(H,17,18). The zero-order valence-electron chi connectivity index (χ0n) is 11.4. The summed E-state index contributed by atoms with van der Waals surface area (Å²) in [6, 6.07) is 5.76. The fourth-order valence-corrected chi connectivity index (χ4v) is 1.70. The van der Waals surface area contributed by atoms with Gasteiger partial charge in [0, 0.05) is 0 Å². The monoisotopic (exact) mass is 265 g/mol. The van der Waals surface area contributed by atoms with Gasteiger partial charge < -0.3 is 15.5 Å². The van der Waals surface area contributed by atoms with E-state index in [9.17, 15) is 14.7 Å². The Balaban J connectivity index is 2.64. The Morgan fingerprint density at radius 3 is 2.26 bits per heavy atom. The lowest BCUT2D eigenvalue weighted by Crippen LogP contribution is -2.46. The second kappa shape index (κ2) is 5.84. The lowest BCUT2D eigenvalue weighted by atomic mass is 9.99. The van der Waals surface area contributed by atoms with E-state index in [-0.39, 0.29) is 18.9 Å². The number of benzene rings is 1. The van der Waals surface area contributed by atoms with Crippen LogP contribution in [0.5, 0.6) is 0 Å². The van der Waals surface area contributed by atoms with E-state index in [1.807, 2.05) is 32.0 Å². The summed E-state index contributed by atoms with van der Waals surface area (Å²) in [5.74, 6) is -1.67. The third-order valence-corrected chi connectivity index (χ3v) is 3.07. The highest BCUT2D eigenvalue weighted by molar-refractivity contribution is 5.81. The molecule has 0 radical (unpaired) electrons. The number of carboxylic acids is 1. The first kappa shape index (κ1) is 15.2. The molecule has 0 saturated heterocycles. The molecule has 1 aromatic carbocycles. The SMILES string of the molecule is Cc1cccc(C)c1CC(=O)NCC(C)(O)C(=O)O. The summed E-state index contributed by atoms with van der Waals surface area (Å²) in [4.78, 5) is 22.5. The van der Waals surface area contributed by atoms with E-state index < -0.39 is 11.6 Å². The van der Waals surface area contributed by atoms with Gasteiger partial charge >= 0.3 is 5.97 Å². The van der Waals surface area contributed by atoms with E-state index in [0.717, 1.165) is 23.6 Å². The highest BCUT2D eigenvalue weighted by atomic mass is 16.4. The van der Waals surface area contributed by atoms with Gasteiger partial charge in [-0.2, -0.15) is 0 Å². The highest BCUT2D eigenvalue weighted by Gasteiger charge is 2.30. The Morgan fingerprint density at radius 2 is 1.79 bits per heavy atom. The van der Waals surface area contributed by atoms with Crippen LogP contribution in [0.25, 0.3) is 0 Å². The van der Waals surface area contributed by atoms with Crippen LogP contribution in [-0.4, -0.2) is 34.2 Å². The third kappa shape index (κ3) is 4.06. The molecule has 1 amide bonds. The van der Waals surface area contributed by atoms with E-state index in [2.05, 4.69) is 5.32 Å². The second-order valence-electron chi connectivity index (χ2n) is 4.90. The van der Waals surface area contributed by atoms with Crippen LogP contribution >= 0.6 is 0 Å². The van der Waals surface area contributed by atoms with Crippen LogP contribution in [0.1, 0.15) is 23.6 Å². The molecule has 0 aliphatic carbocycles. The quantitative estimate of drug-likeness (QED) is 0.735. The van der Waals surface area contributed by atoms with Crippen LogP contribution in [0.4, 0.5) is 0 Å². The van der Waals surface area contributed by atoms with Crippen molar-refractivity contribution in [1.29, 1.82) is 0 Å². The van der Waals surface area contributed by atoms with Crippen molar-refractivity contribution in [3.8, 4) is 0 Å². The average molecular weight is 265 g/mol. The summed E-state index contributed by atoms with van der Waals surface area (Å²) in [5.41, 5.74) is 1.01. The van der Waals surface area contributed by atoms with Gasteiger partial charge in [0.1, 0.15) is 0 Å². The molecule has 1 atom stereocenters. The molecule has 0 fully saturated rings. The molecule has 5 heteroatoms. The molecule has 0 saturated carbocycles. The summed E-state index contributed by atoms with van der Waals surface area (Å²) in [6.07, 6.45) is 0.175. The molecule has 0 aliphatic heterocycles. The Hall–Kier alpha value is -1.88. The van der Waals surface area contributed by atoms with Gasteiger partial charge in [-0.25, -0.2) is 4.79 Å². The predicted octanol–water partition coefficient (Wildman–Crippen LogP) is 0.798. The molecular formula is C14H19NO4. The van der Waals surface area contributed by atoms with Gasteiger partial charge in [-0.3, -0.25) is 4.79 Å². The van der Waals surface area contributed by atoms with Crippen LogP contribution in [-0.2, 0) is 16.0 Å². The van der Waals surface area contributed by atoms with E-state index >= 15 is 0 Å². The fraction of sp³-hybridized carbons (Fsp3) is 0.429. The molecule has 0 aromatic heterocycles. The van der Waals surface area contributed by atoms with Crippen molar-refractivity contribution >= 4 is 11.9 Å². The first-order valence-electron chi connectivity index (χ1n) is 6.01. The predicted molar refractivity (Wildman–Crippen MR) is 70.9 cm³/mol. The maximum Gasteiger partial charge on any atom is 0.337 e. The fourth-order valence-electron chi connectivity index (χ4n) is 1.70. The van der Waals surface area contributed by atoms with Gasteiger partial charge in [-0.15, -0.1) is 0 Å². The van der Waals surface area contributed by atoms with Crippen molar-refractivity contribution in [3.05, 3.63) is 34.9 Å². The number of carboxylic acid groups (broad SMARTS) is 1. The number of hydrogen-bond donors (Lipinski definition) is 3. The summed E-state index contributed by atoms with van der Waals surface area (Å²) in [5, 5.41) is 20.7. The van der Waals surface area contributed by atoms with E-state index in [1.54, 1.807) is 0 Å². The zero-order chi connectivity index (χ0) is 14.6. The molecule has 5 nitrogen and oxygen atoms in total. The summed E-state index contributed by atoms with van der Waals surface area (Å²) in [7, 11) is 0. The molecule has 1 rings (SSSR count). The largest absolute Gasteiger partial charge is 0.479 e. The number of hydrogen-bond acceptors (Lipinski definition) is 3. The maximum atomic E-state index is 11.8. The molecule has 0 aliphatic rings. The van der Waals surface area contributed by atoms with Crippen molar-refractivity contribution in [2.24, 2.45) is 0 Å². The normalized spacial score (nSPS) is 13.7. The minimum atomic E-state index is -1.95. The number of carbonyl (C=O) groups excluding carboxylic acids is 1. The number of aliphatic hydroxyl groups is 1. The lowest BCUT2D eigenvalue weighted by Gasteiger charge is -2.18. The average Bonchev–Trinajstić information content (AvgIpc) is 2.31. The van der Waals surface area contributed by atoms with E-state index in [0.29, 0.717) is 0 Å². The first-order chi connectivity index (χ1) is 8.74. The summed E-state index contributed by atoms with van der Waals surface area (Å²) >= 11 is 0. The summed E-state index contributed by atoms with van der Waals surface area (Å²) in [6.45, 7) is 4.67. The number of nitrogens with one attached hydrogen (secondary N) is 1. The summed E-state index contributed by atoms with van der Waals surface area (Å²) < 4.78 is 0. The Kier molecular flexibility index (Phi) is 4.67. The first-order valence-corrected chi connectivity index (χ1v) is 6.01. The number of aryl methyl sites for hydroxylation is 2. The topological polar surface area (TPSA) is 86.6 Å². The Labute approximate surface area is 112 Å². The van der Waals surface area contributed by atoms with Crippen molar-refractivity contribution in [2.75, 3.05) is 6.54 Å². The van der Waals surface area contributed by atoms with Crippen LogP contribution in [0.15, 0.2) is 18.2 Å². The minimum absolute atomic E-state index is 0.175. The van der Waals surface area contributed by atoms with Crippen LogP contribution in [0.3, 0.4) is 0 Å². The zero-order valence-corrected chi connectivity index (χ0v) is 11.4. The van der Waals surface area contributed by atoms with Gasteiger partial charge in [-0.1, -0.05) is 18.2 Å². The number of amides is 1. The molecule has 0 heterocycles. The Morgan fingerprint density at radius 1 is 1.26 bits per heavy atom. The molecule has 104 valence electrons. The molecule has 1 unspecified atom stereocenters. The number of aliphatic carboxylic acids is 1. The number of rotatable bonds is 5. The lowest BCUT2D eigenvalue weighted by molar-refractivity contribution is -0.156. The minimum Gasteiger partial charge on any atom is -0.479 e. The van der Waals surface area contributed by atoms with E-state index in [1.165, 1.54) is 0 Å². The van der Waals surface area contributed by atoms with Gasteiger partial charge in [-0.05, 0) is 37.5 Å². The molecule has 1 aromatic rings. The van der Waals surface area contributed by atoms with Crippen molar-refractivity contribution in [2.45, 2.75) is 32.8 Å². The van der Waals surface area contributed by atoms with Gasteiger partial charge in [0.05, 0.1) is 13.0 Å². The van der Waals surface area contributed by atoms with Gasteiger partial charge in [0.15, 0.2) is 5.60 Å². The van der Waals surface area contributed by atoms with Crippen molar-refractivity contribution < 1.29 is 19.8 Å². The van der Waals surface area contributed by atoms with Crippen LogP contribution in [0, 0.1) is 13.8 Å². The molecule has 19 heavy (non-hydrogen) atoms.